The molecule has 0 atom stereocenters. The molecule has 0 spiro atoms. The Morgan fingerprint density at radius 1 is 0.879 bits per heavy atom. The average Bonchev–Trinajstić information content (AvgIpc) is 3.41. The third-order valence-corrected chi connectivity index (χ3v) is 7.99. The van der Waals surface area contributed by atoms with Crippen molar-refractivity contribution in [2.24, 2.45) is 5.92 Å². The largest absolute Gasteiger partial charge is 0.368 e. The van der Waals surface area contributed by atoms with Crippen LogP contribution in [0.15, 0.2) is 47.8 Å². The molecular formula is C26H31N5OS. The smallest absolute Gasteiger partial charge is 0.225 e. The van der Waals surface area contributed by atoms with Crippen LogP contribution < -0.4 is 9.80 Å². The summed E-state index contributed by atoms with van der Waals surface area (Å²) in [6.07, 6.45) is 1.76. The van der Waals surface area contributed by atoms with Crippen molar-refractivity contribution in [2.75, 3.05) is 49.1 Å². The topological polar surface area (TPSA) is 52.6 Å². The van der Waals surface area contributed by atoms with Gasteiger partial charge in [-0.25, -0.2) is 0 Å². The number of piperazine rings is 1. The second-order valence-electron chi connectivity index (χ2n) is 9.05. The van der Waals surface area contributed by atoms with Crippen LogP contribution in [-0.4, -0.2) is 60.3 Å². The zero-order valence-electron chi connectivity index (χ0n) is 19.4. The highest BCUT2D eigenvalue weighted by Gasteiger charge is 2.31. The highest BCUT2D eigenvalue weighted by molar-refractivity contribution is 7.13. The van der Waals surface area contributed by atoms with Crippen LogP contribution in [-0.2, 0) is 4.79 Å². The van der Waals surface area contributed by atoms with Crippen LogP contribution in [0.3, 0.4) is 0 Å². The minimum absolute atomic E-state index is 0.117. The third-order valence-electron chi connectivity index (χ3n) is 7.10. The predicted molar refractivity (Wildman–Crippen MR) is 135 cm³/mol. The van der Waals surface area contributed by atoms with Crippen LogP contribution in [0, 0.1) is 19.8 Å². The zero-order chi connectivity index (χ0) is 22.8. The number of thiophene rings is 1. The number of piperidine rings is 1. The van der Waals surface area contributed by atoms with Gasteiger partial charge in [0.1, 0.15) is 5.69 Å². The number of rotatable bonds is 4. The second-order valence-corrected chi connectivity index (χ2v) is 9.99. The van der Waals surface area contributed by atoms with Crippen LogP contribution in [0.5, 0.6) is 0 Å². The number of nitrogens with zero attached hydrogens (tertiary/aromatic N) is 5. The Morgan fingerprint density at radius 2 is 1.67 bits per heavy atom. The highest BCUT2D eigenvalue weighted by atomic mass is 32.1. The van der Waals surface area contributed by atoms with Gasteiger partial charge in [-0.2, -0.15) is 0 Å². The minimum atomic E-state index is 0.117. The molecule has 5 rings (SSSR count). The van der Waals surface area contributed by atoms with E-state index in [-0.39, 0.29) is 5.92 Å². The van der Waals surface area contributed by atoms with Gasteiger partial charge in [0.25, 0.3) is 0 Å². The van der Waals surface area contributed by atoms with Gasteiger partial charge >= 0.3 is 0 Å². The van der Waals surface area contributed by atoms with Crippen LogP contribution >= 0.6 is 11.3 Å². The SMILES string of the molecule is Cc1cccc(N2CCN(C(=O)C3CCN(c4ccc(-c5cccs5)nn4)CC3)CC2)c1C. The van der Waals surface area contributed by atoms with Crippen molar-refractivity contribution in [3.8, 4) is 10.6 Å². The number of amides is 1. The molecule has 0 radical (unpaired) electrons. The Balaban J connectivity index is 1.13. The van der Waals surface area contributed by atoms with Crippen LogP contribution in [0.25, 0.3) is 10.6 Å². The molecule has 0 unspecified atom stereocenters. The Hall–Kier alpha value is -2.93. The summed E-state index contributed by atoms with van der Waals surface area (Å²) >= 11 is 1.67. The number of anilines is 2. The van der Waals surface area contributed by atoms with Gasteiger partial charge in [-0.05, 0) is 67.5 Å². The molecule has 1 amide bonds. The van der Waals surface area contributed by atoms with E-state index >= 15 is 0 Å². The molecule has 2 aromatic heterocycles. The van der Waals surface area contributed by atoms with Gasteiger partial charge in [-0.1, -0.05) is 18.2 Å². The molecule has 2 fully saturated rings. The van der Waals surface area contributed by atoms with Gasteiger partial charge in [0.15, 0.2) is 5.82 Å². The fourth-order valence-electron chi connectivity index (χ4n) is 4.91. The standard InChI is InChI=1S/C26H31N5OS/c1-19-5-3-6-23(20(19)2)29-14-16-31(17-15-29)26(32)21-10-12-30(13-11-21)25-9-8-22(27-28-25)24-7-4-18-33-24/h3-9,18,21H,10-17H2,1-2H3. The highest BCUT2D eigenvalue weighted by Crippen LogP contribution is 2.28. The summed E-state index contributed by atoms with van der Waals surface area (Å²) in [5.41, 5.74) is 4.89. The first-order chi connectivity index (χ1) is 16.1. The van der Waals surface area contributed by atoms with E-state index in [1.165, 1.54) is 16.8 Å². The molecule has 2 aliphatic rings. The van der Waals surface area contributed by atoms with Crippen molar-refractivity contribution in [1.29, 1.82) is 0 Å². The van der Waals surface area contributed by atoms with Crippen LogP contribution in [0.4, 0.5) is 11.5 Å². The quantitative estimate of drug-likeness (QED) is 0.577. The number of aryl methyl sites for hydroxylation is 1. The summed E-state index contributed by atoms with van der Waals surface area (Å²) in [5, 5.41) is 10.9. The van der Waals surface area contributed by atoms with Crippen LogP contribution in [0.2, 0.25) is 0 Å². The molecule has 4 heterocycles. The molecule has 6 nitrogen and oxygen atoms in total. The van der Waals surface area contributed by atoms with Gasteiger partial charge in [0.05, 0.1) is 4.88 Å². The Labute approximate surface area is 199 Å². The molecule has 2 aliphatic heterocycles. The summed E-state index contributed by atoms with van der Waals surface area (Å²) in [6, 6.07) is 14.7. The van der Waals surface area contributed by atoms with Gasteiger partial charge in [0.2, 0.25) is 5.91 Å². The first kappa shape index (κ1) is 21.9. The van der Waals surface area contributed by atoms with E-state index in [0.29, 0.717) is 5.91 Å². The lowest BCUT2D eigenvalue weighted by atomic mass is 9.95. The molecule has 33 heavy (non-hydrogen) atoms. The molecular weight excluding hydrogens is 430 g/mol. The maximum Gasteiger partial charge on any atom is 0.225 e. The van der Waals surface area contributed by atoms with E-state index in [1.807, 2.05) is 12.1 Å². The monoisotopic (exact) mass is 461 g/mol. The van der Waals surface area contributed by atoms with Gasteiger partial charge in [-0.3, -0.25) is 4.79 Å². The molecule has 0 bridgehead atoms. The third kappa shape index (κ3) is 4.60. The first-order valence-electron chi connectivity index (χ1n) is 11.8. The number of benzene rings is 1. The van der Waals surface area contributed by atoms with E-state index in [9.17, 15) is 4.79 Å². The Morgan fingerprint density at radius 3 is 2.33 bits per heavy atom. The van der Waals surface area contributed by atoms with Crippen molar-refractivity contribution in [2.45, 2.75) is 26.7 Å². The number of carbonyl (C=O) groups is 1. The van der Waals surface area contributed by atoms with Crippen LogP contribution in [0.1, 0.15) is 24.0 Å². The molecule has 0 saturated carbocycles. The van der Waals surface area contributed by atoms with Crippen molar-refractivity contribution in [3.63, 3.8) is 0 Å². The van der Waals surface area contributed by atoms with Crippen molar-refractivity contribution < 1.29 is 4.79 Å². The fourth-order valence-corrected chi connectivity index (χ4v) is 5.60. The first-order valence-corrected chi connectivity index (χ1v) is 12.7. The van der Waals surface area contributed by atoms with E-state index in [0.717, 1.165) is 68.5 Å². The lowest BCUT2D eigenvalue weighted by Crippen LogP contribution is -2.52. The van der Waals surface area contributed by atoms with Crippen molar-refractivity contribution >= 4 is 28.7 Å². The molecule has 1 aromatic carbocycles. The Kier molecular flexibility index (Phi) is 6.31. The van der Waals surface area contributed by atoms with Gasteiger partial charge < -0.3 is 14.7 Å². The normalized spacial score (nSPS) is 17.5. The summed E-state index contributed by atoms with van der Waals surface area (Å²) < 4.78 is 0. The number of hydrogen-bond acceptors (Lipinski definition) is 6. The number of hydrogen-bond donors (Lipinski definition) is 0. The molecule has 0 N–H and O–H groups in total. The van der Waals surface area contributed by atoms with Gasteiger partial charge in [0, 0.05) is 50.9 Å². The summed E-state index contributed by atoms with van der Waals surface area (Å²) in [6.45, 7) is 9.48. The average molecular weight is 462 g/mol. The molecule has 7 heteroatoms. The molecule has 172 valence electrons. The lowest BCUT2D eigenvalue weighted by molar-refractivity contribution is -0.136. The van der Waals surface area contributed by atoms with E-state index in [4.69, 9.17) is 0 Å². The summed E-state index contributed by atoms with van der Waals surface area (Å²) in [5.74, 6) is 1.35. The molecule has 3 aromatic rings. The molecule has 2 saturated heterocycles. The lowest BCUT2D eigenvalue weighted by Gasteiger charge is -2.40. The van der Waals surface area contributed by atoms with Crippen molar-refractivity contribution in [1.82, 2.24) is 15.1 Å². The zero-order valence-corrected chi connectivity index (χ0v) is 20.2. The fraction of sp³-hybridized carbons (Fsp3) is 0.423. The summed E-state index contributed by atoms with van der Waals surface area (Å²) in [7, 11) is 0. The molecule has 0 aliphatic carbocycles. The minimum Gasteiger partial charge on any atom is -0.368 e. The van der Waals surface area contributed by atoms with Gasteiger partial charge in [-0.15, -0.1) is 21.5 Å². The van der Waals surface area contributed by atoms with E-state index < -0.39 is 0 Å². The maximum atomic E-state index is 13.2. The van der Waals surface area contributed by atoms with E-state index in [1.54, 1.807) is 11.3 Å². The number of aromatic nitrogens is 2. The van der Waals surface area contributed by atoms with E-state index in [2.05, 4.69) is 74.5 Å². The number of carbonyl (C=O) groups excluding carboxylic acids is 1. The Bertz CT molecular complexity index is 1080. The predicted octanol–water partition coefficient (Wildman–Crippen LogP) is 4.39. The second kappa shape index (κ2) is 9.51. The van der Waals surface area contributed by atoms with Crippen molar-refractivity contribution in [3.05, 3.63) is 59.0 Å². The maximum absolute atomic E-state index is 13.2. The summed E-state index contributed by atoms with van der Waals surface area (Å²) in [4.78, 5) is 21.1.